The van der Waals surface area contributed by atoms with Crippen LogP contribution in [0.4, 0.5) is 0 Å². The lowest BCUT2D eigenvalue weighted by molar-refractivity contribution is 0.241. The van der Waals surface area contributed by atoms with Gasteiger partial charge >= 0.3 is 0 Å². The van der Waals surface area contributed by atoms with Crippen LogP contribution in [0.25, 0.3) is 0 Å². The van der Waals surface area contributed by atoms with Crippen molar-refractivity contribution < 1.29 is 0 Å². The second kappa shape index (κ2) is 6.15. The summed E-state index contributed by atoms with van der Waals surface area (Å²) >= 11 is 0. The zero-order valence-electron chi connectivity index (χ0n) is 11.6. The summed E-state index contributed by atoms with van der Waals surface area (Å²) in [6, 6.07) is 0. The smallest absolute Gasteiger partial charge is 0.0152 e. The van der Waals surface area contributed by atoms with Crippen molar-refractivity contribution in [2.24, 2.45) is 17.3 Å². The van der Waals surface area contributed by atoms with Crippen molar-refractivity contribution in [1.82, 2.24) is 0 Å². The predicted octanol–water partition coefficient (Wildman–Crippen LogP) is 5.22. The lowest BCUT2D eigenvalue weighted by Crippen LogP contribution is -2.23. The summed E-state index contributed by atoms with van der Waals surface area (Å²) in [7, 11) is 0. The summed E-state index contributed by atoms with van der Waals surface area (Å²) in [6.45, 7) is 16.0. The number of hydrogen-bond acceptors (Lipinski definition) is 0. The molecule has 0 aromatic rings. The number of hydrogen-bond donors (Lipinski definition) is 0. The Hall–Kier alpha value is -0.520. The first-order valence-electron chi connectivity index (χ1n) is 6.08. The largest absolute Gasteiger partial charge is 0.0877 e. The van der Waals surface area contributed by atoms with Gasteiger partial charge in [0, 0.05) is 0 Å². The molecule has 1 atom stereocenters. The summed E-state index contributed by atoms with van der Waals surface area (Å²) < 4.78 is 0. The SMILES string of the molecule is C/C=C\C=C(/C)C(CC(C)C)C(C)(C)C. The Labute approximate surface area is 96.5 Å². The molecule has 0 aromatic carbocycles. The number of rotatable bonds is 4. The molecular formula is C15H28. The van der Waals surface area contributed by atoms with Gasteiger partial charge in [-0.15, -0.1) is 0 Å². The van der Waals surface area contributed by atoms with Crippen LogP contribution in [0.5, 0.6) is 0 Å². The minimum Gasteiger partial charge on any atom is -0.0877 e. The second-order valence-electron chi connectivity index (χ2n) is 5.98. The molecule has 0 aliphatic heterocycles. The van der Waals surface area contributed by atoms with Crippen molar-refractivity contribution in [3.8, 4) is 0 Å². The Morgan fingerprint density at radius 1 is 1.20 bits per heavy atom. The van der Waals surface area contributed by atoms with Crippen molar-refractivity contribution in [2.75, 3.05) is 0 Å². The summed E-state index contributed by atoms with van der Waals surface area (Å²) in [4.78, 5) is 0. The van der Waals surface area contributed by atoms with E-state index in [0.717, 1.165) is 5.92 Å². The van der Waals surface area contributed by atoms with Crippen molar-refractivity contribution >= 4 is 0 Å². The third-order valence-electron chi connectivity index (χ3n) is 2.85. The average molecular weight is 208 g/mol. The fraction of sp³-hybridized carbons (Fsp3) is 0.733. The van der Waals surface area contributed by atoms with Crippen molar-refractivity contribution in [2.45, 2.75) is 54.9 Å². The van der Waals surface area contributed by atoms with Gasteiger partial charge in [0.1, 0.15) is 0 Å². The van der Waals surface area contributed by atoms with E-state index in [-0.39, 0.29) is 0 Å². The van der Waals surface area contributed by atoms with Crippen LogP contribution in [0.1, 0.15) is 54.9 Å². The maximum Gasteiger partial charge on any atom is -0.0152 e. The Morgan fingerprint density at radius 3 is 2.07 bits per heavy atom. The molecule has 0 rings (SSSR count). The van der Waals surface area contributed by atoms with Crippen LogP contribution in [-0.4, -0.2) is 0 Å². The summed E-state index contributed by atoms with van der Waals surface area (Å²) in [5.41, 5.74) is 1.88. The van der Waals surface area contributed by atoms with Crippen LogP contribution >= 0.6 is 0 Å². The molecule has 0 saturated carbocycles. The van der Waals surface area contributed by atoms with E-state index >= 15 is 0 Å². The van der Waals surface area contributed by atoms with Crippen molar-refractivity contribution in [3.05, 3.63) is 23.8 Å². The van der Waals surface area contributed by atoms with Gasteiger partial charge in [0.05, 0.1) is 0 Å². The van der Waals surface area contributed by atoms with Gasteiger partial charge in [-0.3, -0.25) is 0 Å². The van der Waals surface area contributed by atoms with E-state index in [1.165, 1.54) is 12.0 Å². The van der Waals surface area contributed by atoms with E-state index in [4.69, 9.17) is 0 Å². The van der Waals surface area contributed by atoms with Gasteiger partial charge in [-0.05, 0) is 37.5 Å². The fourth-order valence-electron chi connectivity index (χ4n) is 2.06. The minimum atomic E-state index is 0.367. The van der Waals surface area contributed by atoms with Gasteiger partial charge in [0.15, 0.2) is 0 Å². The molecule has 0 spiro atoms. The molecule has 0 N–H and O–H groups in total. The molecule has 0 aliphatic rings. The van der Waals surface area contributed by atoms with Crippen LogP contribution in [0.3, 0.4) is 0 Å². The molecule has 0 amide bonds. The van der Waals surface area contributed by atoms with Gasteiger partial charge in [-0.25, -0.2) is 0 Å². The van der Waals surface area contributed by atoms with Crippen LogP contribution in [0, 0.1) is 17.3 Å². The monoisotopic (exact) mass is 208 g/mol. The van der Waals surface area contributed by atoms with Crippen LogP contribution in [-0.2, 0) is 0 Å². The first-order valence-corrected chi connectivity index (χ1v) is 6.08. The molecule has 0 nitrogen and oxygen atoms in total. The lowest BCUT2D eigenvalue weighted by Gasteiger charge is -2.33. The first-order chi connectivity index (χ1) is 6.79. The summed E-state index contributed by atoms with van der Waals surface area (Å²) in [5, 5.41) is 0. The maximum absolute atomic E-state index is 2.34. The van der Waals surface area contributed by atoms with Crippen LogP contribution < -0.4 is 0 Å². The van der Waals surface area contributed by atoms with Gasteiger partial charge in [0.25, 0.3) is 0 Å². The normalized spacial score (nSPS) is 16.4. The van der Waals surface area contributed by atoms with E-state index in [1.807, 2.05) is 0 Å². The highest BCUT2D eigenvalue weighted by atomic mass is 14.3. The van der Waals surface area contributed by atoms with Crippen molar-refractivity contribution in [1.29, 1.82) is 0 Å². The molecule has 0 heteroatoms. The minimum absolute atomic E-state index is 0.367. The highest BCUT2D eigenvalue weighted by Gasteiger charge is 2.26. The molecule has 0 fully saturated rings. The first kappa shape index (κ1) is 14.5. The molecule has 0 saturated heterocycles. The zero-order valence-corrected chi connectivity index (χ0v) is 11.6. The Bertz CT molecular complexity index is 223. The molecule has 15 heavy (non-hydrogen) atoms. The van der Waals surface area contributed by atoms with E-state index in [1.54, 1.807) is 0 Å². The molecule has 0 bridgehead atoms. The molecule has 0 aromatic heterocycles. The van der Waals surface area contributed by atoms with Gasteiger partial charge in [-0.2, -0.15) is 0 Å². The highest BCUT2D eigenvalue weighted by molar-refractivity contribution is 5.14. The Morgan fingerprint density at radius 2 is 1.73 bits per heavy atom. The molecular weight excluding hydrogens is 180 g/mol. The lowest BCUT2D eigenvalue weighted by atomic mass is 9.72. The van der Waals surface area contributed by atoms with Crippen LogP contribution in [0.2, 0.25) is 0 Å². The molecule has 0 radical (unpaired) electrons. The fourth-order valence-corrected chi connectivity index (χ4v) is 2.06. The predicted molar refractivity (Wildman–Crippen MR) is 71.0 cm³/mol. The van der Waals surface area contributed by atoms with E-state index in [9.17, 15) is 0 Å². The zero-order chi connectivity index (χ0) is 12.1. The van der Waals surface area contributed by atoms with Crippen molar-refractivity contribution in [3.63, 3.8) is 0 Å². The Balaban J connectivity index is 4.78. The third kappa shape index (κ3) is 5.81. The molecule has 1 unspecified atom stereocenters. The van der Waals surface area contributed by atoms with Gasteiger partial charge in [0.2, 0.25) is 0 Å². The molecule has 88 valence electrons. The quantitative estimate of drug-likeness (QED) is 0.556. The molecule has 0 aliphatic carbocycles. The second-order valence-corrected chi connectivity index (χ2v) is 5.98. The van der Waals surface area contributed by atoms with Crippen LogP contribution in [0.15, 0.2) is 23.8 Å². The topological polar surface area (TPSA) is 0 Å². The highest BCUT2D eigenvalue weighted by Crippen LogP contribution is 2.36. The van der Waals surface area contributed by atoms with Gasteiger partial charge < -0.3 is 0 Å². The van der Waals surface area contributed by atoms with E-state index < -0.39 is 0 Å². The average Bonchev–Trinajstić information content (AvgIpc) is 2.08. The summed E-state index contributed by atoms with van der Waals surface area (Å²) in [5.74, 6) is 1.46. The molecule has 0 heterocycles. The van der Waals surface area contributed by atoms with Gasteiger partial charge in [-0.1, -0.05) is 58.4 Å². The van der Waals surface area contributed by atoms with E-state index in [0.29, 0.717) is 11.3 Å². The summed E-state index contributed by atoms with van der Waals surface area (Å²) in [6.07, 6.45) is 7.79. The van der Waals surface area contributed by atoms with E-state index in [2.05, 4.69) is 66.7 Å². The maximum atomic E-state index is 2.34. The Kier molecular flexibility index (Phi) is 5.93. The number of allylic oxidation sites excluding steroid dienone is 4. The third-order valence-corrected chi connectivity index (χ3v) is 2.85. The standard InChI is InChI=1S/C15H28/c1-8-9-10-13(4)14(11-12(2)3)15(5,6)7/h8-10,12,14H,11H2,1-7H3/b9-8-,13-10+.